The summed E-state index contributed by atoms with van der Waals surface area (Å²) in [4.78, 5) is 31.4. The van der Waals surface area contributed by atoms with Gasteiger partial charge in [-0.15, -0.1) is 0 Å². The van der Waals surface area contributed by atoms with Crippen molar-refractivity contribution in [2.24, 2.45) is 5.41 Å². The van der Waals surface area contributed by atoms with E-state index >= 15 is 0 Å². The summed E-state index contributed by atoms with van der Waals surface area (Å²) < 4.78 is 13.1. The topological polar surface area (TPSA) is 56.4 Å². The third-order valence-corrected chi connectivity index (χ3v) is 5.01. The zero-order valence-corrected chi connectivity index (χ0v) is 13.2. The lowest BCUT2D eigenvalue weighted by atomic mass is 9.86. The van der Waals surface area contributed by atoms with Gasteiger partial charge in [-0.05, 0) is 42.8 Å². The molecule has 4 rings (SSSR count). The third kappa shape index (κ3) is 2.48. The van der Waals surface area contributed by atoms with E-state index in [-0.39, 0.29) is 23.0 Å². The number of halogens is 1. The number of hydrogen-bond acceptors (Lipinski definition) is 2. The molecule has 0 radical (unpaired) electrons. The molecule has 5 nitrogen and oxygen atoms in total. The van der Waals surface area contributed by atoms with Crippen LogP contribution in [-0.4, -0.2) is 41.3 Å². The van der Waals surface area contributed by atoms with Crippen molar-refractivity contribution in [1.29, 1.82) is 0 Å². The van der Waals surface area contributed by atoms with Gasteiger partial charge in [0.05, 0.1) is 0 Å². The maximum atomic E-state index is 13.1. The number of nitrogens with zero attached hydrogens (tertiary/aromatic N) is 2. The van der Waals surface area contributed by atoms with Crippen LogP contribution < -0.4 is 4.90 Å². The SMILES string of the molecule is O=C(c1ccc[nH]1)N1CC[C@]2(CC(=O)N(c3ccc(F)cc3)C2)C1. The van der Waals surface area contributed by atoms with Gasteiger partial charge in [-0.2, -0.15) is 0 Å². The molecule has 124 valence electrons. The predicted octanol–water partition coefficient (Wildman–Crippen LogP) is 2.42. The first kappa shape index (κ1) is 14.9. The highest BCUT2D eigenvalue weighted by molar-refractivity contribution is 5.97. The average molecular weight is 327 g/mol. The summed E-state index contributed by atoms with van der Waals surface area (Å²) in [6.45, 7) is 1.81. The Hall–Kier alpha value is -2.63. The van der Waals surface area contributed by atoms with Crippen molar-refractivity contribution < 1.29 is 14.0 Å². The van der Waals surface area contributed by atoms with Crippen LogP contribution in [0.4, 0.5) is 10.1 Å². The van der Waals surface area contributed by atoms with E-state index in [0.29, 0.717) is 37.4 Å². The molecule has 24 heavy (non-hydrogen) atoms. The van der Waals surface area contributed by atoms with E-state index in [2.05, 4.69) is 4.98 Å². The molecule has 1 aromatic carbocycles. The van der Waals surface area contributed by atoms with Crippen LogP contribution in [-0.2, 0) is 4.79 Å². The molecule has 2 fully saturated rings. The van der Waals surface area contributed by atoms with Crippen molar-refractivity contribution >= 4 is 17.5 Å². The van der Waals surface area contributed by atoms with Gasteiger partial charge in [-0.3, -0.25) is 9.59 Å². The summed E-state index contributed by atoms with van der Waals surface area (Å²) in [6, 6.07) is 9.55. The minimum Gasteiger partial charge on any atom is -0.357 e. The summed E-state index contributed by atoms with van der Waals surface area (Å²) in [7, 11) is 0. The summed E-state index contributed by atoms with van der Waals surface area (Å²) >= 11 is 0. The van der Waals surface area contributed by atoms with Crippen LogP contribution >= 0.6 is 0 Å². The van der Waals surface area contributed by atoms with E-state index < -0.39 is 0 Å². The van der Waals surface area contributed by atoms with Crippen molar-refractivity contribution in [3.05, 3.63) is 54.1 Å². The molecule has 1 aromatic heterocycles. The van der Waals surface area contributed by atoms with Crippen molar-refractivity contribution in [3.8, 4) is 0 Å². The molecule has 2 aromatic rings. The van der Waals surface area contributed by atoms with Gasteiger partial charge >= 0.3 is 0 Å². The van der Waals surface area contributed by atoms with Gasteiger partial charge in [0.15, 0.2) is 0 Å². The van der Waals surface area contributed by atoms with E-state index in [1.165, 1.54) is 12.1 Å². The van der Waals surface area contributed by atoms with E-state index in [0.717, 1.165) is 6.42 Å². The Morgan fingerprint density at radius 2 is 1.96 bits per heavy atom. The number of hydrogen-bond donors (Lipinski definition) is 1. The van der Waals surface area contributed by atoms with E-state index in [4.69, 9.17) is 0 Å². The van der Waals surface area contributed by atoms with Gasteiger partial charge in [-0.25, -0.2) is 4.39 Å². The molecule has 0 aliphatic carbocycles. The molecule has 1 N–H and O–H groups in total. The first-order chi connectivity index (χ1) is 11.6. The van der Waals surface area contributed by atoms with Crippen molar-refractivity contribution in [3.63, 3.8) is 0 Å². The molecule has 0 bridgehead atoms. The monoisotopic (exact) mass is 327 g/mol. The molecule has 3 heterocycles. The Balaban J connectivity index is 1.50. The number of carbonyl (C=O) groups excluding carboxylic acids is 2. The molecule has 1 spiro atoms. The number of H-pyrrole nitrogens is 1. The number of rotatable bonds is 2. The Labute approximate surface area is 139 Å². The van der Waals surface area contributed by atoms with Crippen LogP contribution in [0.3, 0.4) is 0 Å². The fraction of sp³-hybridized carbons (Fsp3) is 0.333. The zero-order chi connectivity index (χ0) is 16.7. The fourth-order valence-electron chi connectivity index (χ4n) is 3.77. The molecule has 2 saturated heterocycles. The quantitative estimate of drug-likeness (QED) is 0.921. The van der Waals surface area contributed by atoms with E-state index in [1.807, 2.05) is 4.90 Å². The van der Waals surface area contributed by atoms with Gasteiger partial charge in [0.2, 0.25) is 5.91 Å². The Bertz CT molecular complexity index is 772. The maximum Gasteiger partial charge on any atom is 0.270 e. The molecule has 2 aliphatic heterocycles. The number of aromatic nitrogens is 1. The molecule has 1 atom stereocenters. The number of likely N-dealkylation sites (tertiary alicyclic amines) is 1. The number of aromatic amines is 1. The summed E-state index contributed by atoms with van der Waals surface area (Å²) in [5.41, 5.74) is 1.09. The summed E-state index contributed by atoms with van der Waals surface area (Å²) in [5, 5.41) is 0. The van der Waals surface area contributed by atoms with Gasteiger partial charge in [0, 0.05) is 43.4 Å². The van der Waals surface area contributed by atoms with Crippen molar-refractivity contribution in [2.45, 2.75) is 12.8 Å². The maximum absolute atomic E-state index is 13.1. The zero-order valence-electron chi connectivity index (χ0n) is 13.2. The first-order valence-corrected chi connectivity index (χ1v) is 8.05. The largest absolute Gasteiger partial charge is 0.357 e. The average Bonchev–Trinajstić information content (AvgIpc) is 3.29. The van der Waals surface area contributed by atoms with Crippen LogP contribution in [0.2, 0.25) is 0 Å². The summed E-state index contributed by atoms with van der Waals surface area (Å²) in [5.74, 6) is -0.302. The standard InChI is InChI=1S/C18H18FN3O2/c19-13-3-5-14(6-4-13)22-12-18(10-16(22)23)7-9-21(11-18)17(24)15-2-1-8-20-15/h1-6,8,20H,7,9-12H2/t18-/m0/s1. The van der Waals surface area contributed by atoms with Gasteiger partial charge in [0.1, 0.15) is 11.5 Å². The third-order valence-electron chi connectivity index (χ3n) is 5.01. The predicted molar refractivity (Wildman–Crippen MR) is 87.1 cm³/mol. The molecule has 2 amide bonds. The van der Waals surface area contributed by atoms with Crippen LogP contribution in [0.5, 0.6) is 0 Å². The smallest absolute Gasteiger partial charge is 0.270 e. The van der Waals surface area contributed by atoms with Gasteiger partial charge in [0.25, 0.3) is 5.91 Å². The second kappa shape index (κ2) is 5.47. The lowest BCUT2D eigenvalue weighted by molar-refractivity contribution is -0.117. The van der Waals surface area contributed by atoms with Gasteiger partial charge < -0.3 is 14.8 Å². The highest BCUT2D eigenvalue weighted by atomic mass is 19.1. The van der Waals surface area contributed by atoms with Crippen LogP contribution in [0, 0.1) is 11.2 Å². The van der Waals surface area contributed by atoms with Crippen LogP contribution in [0.25, 0.3) is 0 Å². The normalized spacial score (nSPS) is 23.5. The molecule has 0 saturated carbocycles. The second-order valence-corrected chi connectivity index (χ2v) is 6.69. The number of nitrogens with one attached hydrogen (secondary N) is 1. The van der Waals surface area contributed by atoms with Crippen LogP contribution in [0.1, 0.15) is 23.3 Å². The first-order valence-electron chi connectivity index (χ1n) is 8.05. The number of amides is 2. The molecule has 6 heteroatoms. The molecular weight excluding hydrogens is 309 g/mol. The van der Waals surface area contributed by atoms with E-state index in [1.54, 1.807) is 35.4 Å². The summed E-state index contributed by atoms with van der Waals surface area (Å²) in [6.07, 6.45) is 2.97. The van der Waals surface area contributed by atoms with Crippen molar-refractivity contribution in [1.82, 2.24) is 9.88 Å². The molecule has 0 unspecified atom stereocenters. The number of carbonyl (C=O) groups is 2. The minimum absolute atomic E-state index is 0.0236. The lowest BCUT2D eigenvalue weighted by Crippen LogP contribution is -2.34. The fourth-order valence-corrected chi connectivity index (χ4v) is 3.77. The number of anilines is 1. The molecular formula is C18H18FN3O2. The Morgan fingerprint density at radius 3 is 2.67 bits per heavy atom. The second-order valence-electron chi connectivity index (χ2n) is 6.69. The van der Waals surface area contributed by atoms with Gasteiger partial charge in [-0.1, -0.05) is 0 Å². The van der Waals surface area contributed by atoms with Crippen molar-refractivity contribution in [2.75, 3.05) is 24.5 Å². The minimum atomic E-state index is -0.316. The highest BCUT2D eigenvalue weighted by Crippen LogP contribution is 2.42. The number of benzene rings is 1. The Morgan fingerprint density at radius 1 is 1.17 bits per heavy atom. The molecule has 2 aliphatic rings. The lowest BCUT2D eigenvalue weighted by Gasteiger charge is -2.24. The Kier molecular flexibility index (Phi) is 3.40. The highest BCUT2D eigenvalue weighted by Gasteiger charge is 2.48. The van der Waals surface area contributed by atoms with Crippen LogP contribution in [0.15, 0.2) is 42.6 Å². The van der Waals surface area contributed by atoms with E-state index in [9.17, 15) is 14.0 Å².